The summed E-state index contributed by atoms with van der Waals surface area (Å²) in [6, 6.07) is 12.0. The molecular weight excluding hydrogens is 392 g/mol. The lowest BCUT2D eigenvalue weighted by atomic mass is 10.1. The Morgan fingerprint density at radius 2 is 1.97 bits per heavy atom. The van der Waals surface area contributed by atoms with Crippen LogP contribution in [0.2, 0.25) is 0 Å². The number of ether oxygens (including phenoxy) is 1. The van der Waals surface area contributed by atoms with E-state index in [0.717, 1.165) is 37.4 Å². The number of Topliss-reactive ketones (excluding diaryl/α,β-unsaturated/α-hetero) is 1. The molecule has 4 N–H and O–H groups in total. The Morgan fingerprint density at radius 3 is 2.65 bits per heavy atom. The van der Waals surface area contributed by atoms with Gasteiger partial charge in [0.05, 0.1) is 18.8 Å². The number of aliphatic imine (C=N–C) groups is 1. The first-order chi connectivity index (χ1) is 15.0. The average molecular weight is 419 g/mol. The van der Waals surface area contributed by atoms with Crippen molar-refractivity contribution in [1.82, 2.24) is 9.97 Å². The molecule has 1 fully saturated rings. The molecule has 160 valence electrons. The molecule has 0 bridgehead atoms. The number of pyridine rings is 1. The normalized spacial score (nSPS) is 15.4. The molecular formula is C23H26N6O2. The summed E-state index contributed by atoms with van der Waals surface area (Å²) in [6.45, 7) is 5.06. The summed E-state index contributed by atoms with van der Waals surface area (Å²) >= 11 is 0. The van der Waals surface area contributed by atoms with Crippen LogP contribution in [0.15, 0.2) is 59.4 Å². The van der Waals surface area contributed by atoms with E-state index in [4.69, 9.17) is 10.5 Å². The highest BCUT2D eigenvalue weighted by molar-refractivity contribution is 6.51. The second-order valence-electron chi connectivity index (χ2n) is 7.39. The molecule has 1 aromatic carbocycles. The molecule has 1 aliphatic rings. The van der Waals surface area contributed by atoms with E-state index in [9.17, 15) is 4.79 Å². The molecule has 0 amide bonds. The number of aromatic nitrogens is 2. The minimum atomic E-state index is -0.195. The van der Waals surface area contributed by atoms with Crippen molar-refractivity contribution >= 4 is 39.7 Å². The van der Waals surface area contributed by atoms with Gasteiger partial charge in [0.15, 0.2) is 0 Å². The van der Waals surface area contributed by atoms with Crippen LogP contribution >= 0.6 is 0 Å². The van der Waals surface area contributed by atoms with Crippen molar-refractivity contribution in [3.05, 3.63) is 59.9 Å². The lowest BCUT2D eigenvalue weighted by Crippen LogP contribution is -2.36. The third kappa shape index (κ3) is 4.59. The first-order valence-corrected chi connectivity index (χ1v) is 10.2. The topological polar surface area (TPSA) is 109 Å². The molecule has 0 aliphatic carbocycles. The average Bonchev–Trinajstić information content (AvgIpc) is 3.21. The van der Waals surface area contributed by atoms with Crippen LogP contribution in [-0.2, 0) is 4.74 Å². The van der Waals surface area contributed by atoms with Crippen molar-refractivity contribution in [1.29, 1.82) is 0 Å². The number of morpholine rings is 1. The molecule has 0 unspecified atom stereocenters. The first-order valence-electron chi connectivity index (χ1n) is 10.2. The summed E-state index contributed by atoms with van der Waals surface area (Å²) in [4.78, 5) is 26.9. The summed E-state index contributed by atoms with van der Waals surface area (Å²) < 4.78 is 5.41. The molecule has 1 saturated heterocycles. The third-order valence-corrected chi connectivity index (χ3v) is 5.14. The zero-order chi connectivity index (χ0) is 21.8. The standard InChI is InChI=1S/C23H26N6O2/c1-15(24)13-20(25-2)22(30)19-14-26-23-18(19)7-8-21(28-23)27-16-3-5-17(6-4-16)29-9-11-31-12-10-29/h3-8,13-14H,9-12,24H2,1-2H3,(H2,26,27,28)/b15-13-,25-20?. The summed E-state index contributed by atoms with van der Waals surface area (Å²) in [7, 11) is 1.58. The smallest absolute Gasteiger partial charge is 0.213 e. The van der Waals surface area contributed by atoms with E-state index in [0.29, 0.717) is 28.4 Å². The number of rotatable bonds is 6. The highest BCUT2D eigenvalue weighted by atomic mass is 16.5. The number of nitrogens with zero attached hydrogens (tertiary/aromatic N) is 3. The van der Waals surface area contributed by atoms with Crippen molar-refractivity contribution in [3.8, 4) is 0 Å². The Labute approximate surface area is 180 Å². The zero-order valence-corrected chi connectivity index (χ0v) is 17.7. The van der Waals surface area contributed by atoms with Gasteiger partial charge in [-0.2, -0.15) is 0 Å². The molecule has 0 spiro atoms. The van der Waals surface area contributed by atoms with Gasteiger partial charge in [0.25, 0.3) is 0 Å². The number of fused-ring (bicyclic) bond motifs is 1. The molecule has 0 saturated carbocycles. The Kier molecular flexibility index (Phi) is 5.99. The fraction of sp³-hybridized carbons (Fsp3) is 0.261. The van der Waals surface area contributed by atoms with E-state index < -0.39 is 0 Å². The van der Waals surface area contributed by atoms with Crippen LogP contribution in [0, 0.1) is 0 Å². The Bertz CT molecular complexity index is 1140. The van der Waals surface area contributed by atoms with Gasteiger partial charge in [0.2, 0.25) is 5.78 Å². The van der Waals surface area contributed by atoms with E-state index in [2.05, 4.69) is 37.3 Å². The van der Waals surface area contributed by atoms with Gasteiger partial charge in [-0.3, -0.25) is 9.79 Å². The van der Waals surface area contributed by atoms with Crippen LogP contribution in [0.3, 0.4) is 0 Å². The van der Waals surface area contributed by atoms with Crippen molar-refractivity contribution < 1.29 is 9.53 Å². The predicted octanol–water partition coefficient (Wildman–Crippen LogP) is 3.26. The van der Waals surface area contributed by atoms with Crippen LogP contribution in [0.1, 0.15) is 17.3 Å². The maximum atomic E-state index is 12.8. The van der Waals surface area contributed by atoms with Gasteiger partial charge in [0.1, 0.15) is 17.2 Å². The monoisotopic (exact) mass is 418 g/mol. The molecule has 3 aromatic rings. The highest BCUT2D eigenvalue weighted by Crippen LogP contribution is 2.24. The van der Waals surface area contributed by atoms with Crippen molar-refractivity contribution in [2.24, 2.45) is 10.7 Å². The number of carbonyl (C=O) groups excluding carboxylic acids is 1. The van der Waals surface area contributed by atoms with Crippen LogP contribution < -0.4 is 16.0 Å². The van der Waals surface area contributed by atoms with E-state index in [1.54, 1.807) is 26.2 Å². The second kappa shape index (κ2) is 9.01. The number of carbonyl (C=O) groups is 1. The van der Waals surface area contributed by atoms with Crippen molar-refractivity contribution in [3.63, 3.8) is 0 Å². The van der Waals surface area contributed by atoms with E-state index >= 15 is 0 Å². The molecule has 4 rings (SSSR count). The van der Waals surface area contributed by atoms with Gasteiger partial charge >= 0.3 is 0 Å². The lowest BCUT2D eigenvalue weighted by molar-refractivity contribution is 0.106. The molecule has 2 aromatic heterocycles. The Morgan fingerprint density at radius 1 is 1.23 bits per heavy atom. The number of hydrogen-bond donors (Lipinski definition) is 3. The zero-order valence-electron chi connectivity index (χ0n) is 17.7. The number of nitrogens with one attached hydrogen (secondary N) is 2. The van der Waals surface area contributed by atoms with Crippen molar-refractivity contribution in [2.75, 3.05) is 43.6 Å². The minimum absolute atomic E-state index is 0.195. The first kappa shape index (κ1) is 20.6. The van der Waals surface area contributed by atoms with Gasteiger partial charge < -0.3 is 25.7 Å². The van der Waals surface area contributed by atoms with Crippen molar-refractivity contribution in [2.45, 2.75) is 6.92 Å². The predicted molar refractivity (Wildman–Crippen MR) is 124 cm³/mol. The largest absolute Gasteiger partial charge is 0.402 e. The van der Waals surface area contributed by atoms with Gasteiger partial charge in [-0.15, -0.1) is 0 Å². The van der Waals surface area contributed by atoms with Gasteiger partial charge in [0, 0.05) is 48.8 Å². The molecule has 8 nitrogen and oxygen atoms in total. The fourth-order valence-electron chi connectivity index (χ4n) is 3.57. The summed E-state index contributed by atoms with van der Waals surface area (Å²) in [5.74, 6) is 0.495. The quantitative estimate of drug-likeness (QED) is 0.419. The van der Waals surface area contributed by atoms with Crippen LogP contribution in [0.4, 0.5) is 17.2 Å². The summed E-state index contributed by atoms with van der Waals surface area (Å²) in [6.07, 6.45) is 3.23. The number of H-pyrrole nitrogens is 1. The molecule has 3 heterocycles. The molecule has 0 atom stereocenters. The molecule has 8 heteroatoms. The molecule has 31 heavy (non-hydrogen) atoms. The lowest BCUT2D eigenvalue weighted by Gasteiger charge is -2.28. The number of benzene rings is 1. The third-order valence-electron chi connectivity index (χ3n) is 5.14. The molecule has 1 aliphatic heterocycles. The fourth-order valence-corrected chi connectivity index (χ4v) is 3.57. The second-order valence-corrected chi connectivity index (χ2v) is 7.39. The van der Waals surface area contributed by atoms with Crippen LogP contribution in [-0.4, -0.2) is 54.8 Å². The Hall–Kier alpha value is -3.65. The molecule has 0 radical (unpaired) electrons. The number of hydrogen-bond acceptors (Lipinski definition) is 7. The maximum Gasteiger partial charge on any atom is 0.213 e. The van der Waals surface area contributed by atoms with Crippen LogP contribution in [0.5, 0.6) is 0 Å². The van der Waals surface area contributed by atoms with Gasteiger partial charge in [-0.05, 0) is 49.4 Å². The number of nitrogens with two attached hydrogens (primary N) is 1. The van der Waals surface area contributed by atoms with E-state index in [1.165, 1.54) is 5.69 Å². The van der Waals surface area contributed by atoms with Gasteiger partial charge in [-0.1, -0.05) is 0 Å². The van der Waals surface area contributed by atoms with Crippen LogP contribution in [0.25, 0.3) is 11.0 Å². The SMILES string of the molecule is CN=C(/C=C(/C)N)C(=O)c1c[nH]c2nc(Nc3ccc(N4CCOCC4)cc3)ccc12. The Balaban J connectivity index is 1.51. The summed E-state index contributed by atoms with van der Waals surface area (Å²) in [5, 5.41) is 4.05. The maximum absolute atomic E-state index is 12.8. The van der Waals surface area contributed by atoms with E-state index in [1.807, 2.05) is 24.3 Å². The minimum Gasteiger partial charge on any atom is -0.402 e. The number of ketones is 1. The highest BCUT2D eigenvalue weighted by Gasteiger charge is 2.17. The number of aromatic amines is 1. The van der Waals surface area contributed by atoms with Gasteiger partial charge in [-0.25, -0.2) is 4.98 Å². The summed E-state index contributed by atoms with van der Waals surface area (Å²) in [5.41, 5.74) is 9.81. The number of anilines is 3. The van der Waals surface area contributed by atoms with E-state index in [-0.39, 0.29) is 5.78 Å². The number of allylic oxidation sites excluding steroid dienone is 2.